The summed E-state index contributed by atoms with van der Waals surface area (Å²) in [5, 5.41) is 11.3. The summed E-state index contributed by atoms with van der Waals surface area (Å²) in [5.41, 5.74) is 0. The van der Waals surface area contributed by atoms with E-state index < -0.39 is 29.9 Å². The van der Waals surface area contributed by atoms with Gasteiger partial charge < -0.3 is 15.3 Å². The van der Waals surface area contributed by atoms with Gasteiger partial charge in [-0.25, -0.2) is 4.79 Å². The Kier molecular flexibility index (Phi) is 5.06. The van der Waals surface area contributed by atoms with E-state index in [0.717, 1.165) is 4.90 Å². The molecule has 20 heavy (non-hydrogen) atoms. The van der Waals surface area contributed by atoms with E-state index in [1.807, 2.05) is 0 Å². The van der Waals surface area contributed by atoms with Crippen LogP contribution in [0.4, 0.5) is 4.79 Å². The quantitative estimate of drug-likeness (QED) is 0.662. The van der Waals surface area contributed by atoms with Gasteiger partial charge in [-0.3, -0.25) is 19.3 Å². The maximum atomic E-state index is 12.0. The number of likely N-dealkylation sites (N-methyl/N-ethyl adjacent to an activating group) is 1. The fraction of sp³-hybridized carbons (Fsp3) is 0.667. The molecule has 0 aromatic rings. The first kappa shape index (κ1) is 15.9. The molecule has 1 rings (SSSR count). The molecule has 0 spiro atoms. The average Bonchev–Trinajstić information content (AvgIpc) is 2.62. The van der Waals surface area contributed by atoms with Crippen molar-refractivity contribution in [1.82, 2.24) is 15.1 Å². The molecule has 1 aliphatic heterocycles. The van der Waals surface area contributed by atoms with E-state index in [4.69, 9.17) is 5.11 Å². The Morgan fingerprint density at radius 2 is 2.10 bits per heavy atom. The Morgan fingerprint density at radius 1 is 1.50 bits per heavy atom. The van der Waals surface area contributed by atoms with Crippen LogP contribution in [0, 0.1) is 5.92 Å². The molecule has 0 aliphatic carbocycles. The number of carboxylic acids is 1. The number of hydrogen-bond acceptors (Lipinski definition) is 4. The molecule has 2 atom stereocenters. The summed E-state index contributed by atoms with van der Waals surface area (Å²) in [6, 6.07) is -1.41. The molecular formula is C12H19N3O5. The summed E-state index contributed by atoms with van der Waals surface area (Å²) in [5.74, 6) is -2.50. The van der Waals surface area contributed by atoms with Crippen molar-refractivity contribution in [1.29, 1.82) is 0 Å². The lowest BCUT2D eigenvalue weighted by Crippen LogP contribution is -2.49. The Hall–Kier alpha value is -2.12. The van der Waals surface area contributed by atoms with Gasteiger partial charge in [-0.1, -0.05) is 6.92 Å². The third-order valence-corrected chi connectivity index (χ3v) is 3.26. The number of likely N-dealkylation sites (tertiary alicyclic amines) is 1. The minimum absolute atomic E-state index is 0.0440. The Bertz CT molecular complexity index is 437. The molecule has 0 radical (unpaired) electrons. The molecule has 0 saturated carbocycles. The van der Waals surface area contributed by atoms with E-state index >= 15 is 0 Å². The van der Waals surface area contributed by atoms with Gasteiger partial charge in [0.25, 0.3) is 5.91 Å². The number of urea groups is 1. The van der Waals surface area contributed by atoms with Crippen LogP contribution >= 0.6 is 0 Å². The first-order chi connectivity index (χ1) is 9.27. The van der Waals surface area contributed by atoms with Gasteiger partial charge in [0.1, 0.15) is 6.04 Å². The molecule has 0 aromatic heterocycles. The van der Waals surface area contributed by atoms with E-state index in [9.17, 15) is 19.2 Å². The minimum Gasteiger partial charge on any atom is -0.481 e. The average molecular weight is 285 g/mol. The highest BCUT2D eigenvalue weighted by Gasteiger charge is 2.37. The molecule has 4 amide bonds. The molecule has 1 saturated heterocycles. The van der Waals surface area contributed by atoms with Crippen LogP contribution < -0.4 is 5.32 Å². The Morgan fingerprint density at radius 3 is 2.50 bits per heavy atom. The number of carbonyl (C=O) groups excluding carboxylic acids is 3. The molecule has 0 bridgehead atoms. The van der Waals surface area contributed by atoms with Gasteiger partial charge >= 0.3 is 12.0 Å². The zero-order valence-corrected chi connectivity index (χ0v) is 11.8. The molecule has 8 heteroatoms. The monoisotopic (exact) mass is 285 g/mol. The van der Waals surface area contributed by atoms with Gasteiger partial charge in [0, 0.05) is 20.1 Å². The van der Waals surface area contributed by atoms with Crippen molar-refractivity contribution < 1.29 is 24.3 Å². The number of imide groups is 1. The normalized spacial score (nSPS) is 19.9. The second-order valence-electron chi connectivity index (χ2n) is 4.78. The van der Waals surface area contributed by atoms with Crippen molar-refractivity contribution in [3.63, 3.8) is 0 Å². The van der Waals surface area contributed by atoms with Crippen LogP contribution in [0.2, 0.25) is 0 Å². The predicted octanol–water partition coefficient (Wildman–Crippen LogP) is -0.504. The van der Waals surface area contributed by atoms with Gasteiger partial charge in [0.15, 0.2) is 0 Å². The third kappa shape index (κ3) is 3.46. The molecule has 2 N–H and O–H groups in total. The fourth-order valence-corrected chi connectivity index (χ4v) is 1.87. The Labute approximate surface area is 116 Å². The van der Waals surface area contributed by atoms with Crippen molar-refractivity contribution in [2.24, 2.45) is 5.92 Å². The fourth-order valence-electron chi connectivity index (χ4n) is 1.87. The highest BCUT2D eigenvalue weighted by Crippen LogP contribution is 2.11. The number of amides is 4. The molecule has 112 valence electrons. The maximum Gasteiger partial charge on any atom is 0.318 e. The summed E-state index contributed by atoms with van der Waals surface area (Å²) in [4.78, 5) is 48.1. The van der Waals surface area contributed by atoms with Crippen molar-refractivity contribution in [3.8, 4) is 0 Å². The molecule has 1 fully saturated rings. The number of carboxylic acid groups (broad SMARTS) is 1. The van der Waals surface area contributed by atoms with Crippen LogP contribution in [0.5, 0.6) is 0 Å². The van der Waals surface area contributed by atoms with Crippen molar-refractivity contribution in [3.05, 3.63) is 0 Å². The van der Waals surface area contributed by atoms with Crippen LogP contribution in [0.15, 0.2) is 0 Å². The van der Waals surface area contributed by atoms with E-state index in [0.29, 0.717) is 6.54 Å². The zero-order chi connectivity index (χ0) is 15.4. The van der Waals surface area contributed by atoms with Crippen molar-refractivity contribution in [2.45, 2.75) is 26.3 Å². The molecule has 8 nitrogen and oxygen atoms in total. The minimum atomic E-state index is -0.997. The lowest BCUT2D eigenvalue weighted by molar-refractivity contribution is -0.141. The van der Waals surface area contributed by atoms with E-state index in [1.54, 1.807) is 6.92 Å². The van der Waals surface area contributed by atoms with Crippen molar-refractivity contribution >= 4 is 23.8 Å². The number of hydrogen-bond donors (Lipinski definition) is 2. The number of aliphatic carboxylic acids is 1. The number of carbonyl (C=O) groups is 4. The third-order valence-electron chi connectivity index (χ3n) is 3.26. The van der Waals surface area contributed by atoms with Gasteiger partial charge in [-0.05, 0) is 6.92 Å². The van der Waals surface area contributed by atoms with Gasteiger partial charge in [0.2, 0.25) is 5.91 Å². The van der Waals surface area contributed by atoms with Crippen molar-refractivity contribution in [2.75, 3.05) is 20.1 Å². The standard InChI is InChI=1S/C12H19N3O5/c1-4-15(6-7(2)11(18)19)12(20)13-8-5-9(16)14(3)10(8)17/h7-8H,4-6H2,1-3H3,(H,13,20)(H,18,19). The Balaban J connectivity index is 2.62. The summed E-state index contributed by atoms with van der Waals surface area (Å²) >= 11 is 0. The van der Waals surface area contributed by atoms with Gasteiger partial charge in [-0.15, -0.1) is 0 Å². The largest absolute Gasteiger partial charge is 0.481 e. The molecule has 0 aromatic carbocycles. The highest BCUT2D eigenvalue weighted by atomic mass is 16.4. The van der Waals surface area contributed by atoms with E-state index in [-0.39, 0.29) is 18.9 Å². The highest BCUT2D eigenvalue weighted by molar-refractivity contribution is 6.06. The van der Waals surface area contributed by atoms with Gasteiger partial charge in [0.05, 0.1) is 12.3 Å². The second kappa shape index (κ2) is 6.36. The van der Waals surface area contributed by atoms with Crippen LogP contribution in [0.1, 0.15) is 20.3 Å². The topological polar surface area (TPSA) is 107 Å². The van der Waals surface area contributed by atoms with Crippen LogP contribution in [0.3, 0.4) is 0 Å². The summed E-state index contributed by atoms with van der Waals surface area (Å²) in [6.45, 7) is 3.56. The number of rotatable bonds is 5. The van der Waals surface area contributed by atoms with Crippen LogP contribution in [-0.2, 0) is 14.4 Å². The number of nitrogens with one attached hydrogen (secondary N) is 1. The van der Waals surface area contributed by atoms with Crippen LogP contribution in [-0.4, -0.2) is 64.9 Å². The summed E-state index contributed by atoms with van der Waals surface area (Å²) in [6.07, 6.45) is -0.0624. The summed E-state index contributed by atoms with van der Waals surface area (Å²) in [7, 11) is 1.36. The van der Waals surface area contributed by atoms with Crippen LogP contribution in [0.25, 0.3) is 0 Å². The van der Waals surface area contributed by atoms with E-state index in [1.165, 1.54) is 18.9 Å². The first-order valence-electron chi connectivity index (χ1n) is 6.36. The summed E-state index contributed by atoms with van der Waals surface area (Å²) < 4.78 is 0. The molecule has 2 unspecified atom stereocenters. The lowest BCUT2D eigenvalue weighted by atomic mass is 10.2. The smallest absolute Gasteiger partial charge is 0.318 e. The maximum absolute atomic E-state index is 12.0. The predicted molar refractivity (Wildman–Crippen MR) is 68.8 cm³/mol. The number of nitrogens with zero attached hydrogens (tertiary/aromatic N) is 2. The molecular weight excluding hydrogens is 266 g/mol. The molecule has 1 heterocycles. The SMILES string of the molecule is CCN(CC(C)C(=O)O)C(=O)NC1CC(=O)N(C)C1=O. The van der Waals surface area contributed by atoms with E-state index in [2.05, 4.69) is 5.32 Å². The first-order valence-corrected chi connectivity index (χ1v) is 6.36. The van der Waals surface area contributed by atoms with Gasteiger partial charge in [-0.2, -0.15) is 0 Å². The lowest BCUT2D eigenvalue weighted by Gasteiger charge is -2.24. The second-order valence-corrected chi connectivity index (χ2v) is 4.78. The molecule has 1 aliphatic rings. The zero-order valence-electron chi connectivity index (χ0n) is 11.8.